The van der Waals surface area contributed by atoms with Crippen molar-refractivity contribution in [2.75, 3.05) is 11.9 Å². The first kappa shape index (κ1) is 25.2. The van der Waals surface area contributed by atoms with Crippen LogP contribution in [-0.4, -0.2) is 12.5 Å². The summed E-state index contributed by atoms with van der Waals surface area (Å²) in [6.07, 6.45) is 1.52. The molecule has 34 heavy (non-hydrogen) atoms. The molecule has 0 aliphatic rings. The van der Waals surface area contributed by atoms with E-state index in [-0.39, 0.29) is 12.2 Å². The molecule has 1 N–H and O–H groups in total. The summed E-state index contributed by atoms with van der Waals surface area (Å²) in [7, 11) is 0. The van der Waals surface area contributed by atoms with Gasteiger partial charge in [-0.2, -0.15) is 5.26 Å². The molecule has 0 heterocycles. The summed E-state index contributed by atoms with van der Waals surface area (Å²) in [6.45, 7) is 6.52. The van der Waals surface area contributed by atoms with E-state index >= 15 is 0 Å². The molecule has 3 rings (SSSR count). The maximum Gasteiger partial charge on any atom is 0.266 e. The maximum absolute atomic E-state index is 12.7. The molecule has 3 aromatic carbocycles. The van der Waals surface area contributed by atoms with Crippen LogP contribution in [0.25, 0.3) is 6.08 Å². The number of aryl methyl sites for hydroxylation is 2. The molecule has 5 nitrogen and oxygen atoms in total. The van der Waals surface area contributed by atoms with Crippen LogP contribution in [0.5, 0.6) is 11.5 Å². The Morgan fingerprint density at radius 3 is 2.44 bits per heavy atom. The van der Waals surface area contributed by atoms with Gasteiger partial charge in [-0.3, -0.25) is 4.79 Å². The number of nitrogens with zero attached hydrogens (tertiary/aromatic N) is 1. The predicted octanol–water partition coefficient (Wildman–Crippen LogP) is 7.13. The third-order valence-electron chi connectivity index (χ3n) is 5.09. The van der Waals surface area contributed by atoms with Gasteiger partial charge in [0.15, 0.2) is 11.5 Å². The highest BCUT2D eigenvalue weighted by molar-refractivity contribution is 6.42. The Morgan fingerprint density at radius 2 is 1.76 bits per heavy atom. The second-order valence-electron chi connectivity index (χ2n) is 7.60. The number of nitriles is 1. The highest BCUT2D eigenvalue weighted by atomic mass is 35.5. The fourth-order valence-electron chi connectivity index (χ4n) is 3.13. The number of carbonyl (C=O) groups is 1. The van der Waals surface area contributed by atoms with Crippen LogP contribution in [0.1, 0.15) is 29.2 Å². The van der Waals surface area contributed by atoms with Gasteiger partial charge >= 0.3 is 0 Å². The molecule has 0 aromatic heterocycles. The highest BCUT2D eigenvalue weighted by Crippen LogP contribution is 2.31. The summed E-state index contributed by atoms with van der Waals surface area (Å²) in [4.78, 5) is 12.7. The maximum atomic E-state index is 12.7. The van der Waals surface area contributed by atoms with Gasteiger partial charge in [0.1, 0.15) is 18.2 Å². The topological polar surface area (TPSA) is 71.3 Å². The molecule has 0 aliphatic heterocycles. The van der Waals surface area contributed by atoms with Crippen LogP contribution in [0.15, 0.2) is 60.2 Å². The molecule has 7 heteroatoms. The van der Waals surface area contributed by atoms with Crippen LogP contribution in [0.4, 0.5) is 5.69 Å². The number of nitrogens with one attached hydrogen (secondary N) is 1. The Hall–Kier alpha value is -3.46. The van der Waals surface area contributed by atoms with Crippen molar-refractivity contribution in [1.29, 1.82) is 5.26 Å². The zero-order chi connectivity index (χ0) is 24.7. The summed E-state index contributed by atoms with van der Waals surface area (Å²) in [6, 6.07) is 18.1. The average molecular weight is 495 g/mol. The lowest BCUT2D eigenvalue weighted by Crippen LogP contribution is -2.13. The molecule has 3 aromatic rings. The van der Waals surface area contributed by atoms with Gasteiger partial charge in [0.05, 0.1) is 16.7 Å². The van der Waals surface area contributed by atoms with Crippen LogP contribution in [0.3, 0.4) is 0 Å². The molecule has 0 atom stereocenters. The minimum Gasteiger partial charge on any atom is -0.490 e. The Kier molecular flexibility index (Phi) is 8.59. The second kappa shape index (κ2) is 11.6. The van der Waals surface area contributed by atoms with Gasteiger partial charge in [-0.15, -0.1) is 0 Å². The monoisotopic (exact) mass is 494 g/mol. The lowest BCUT2D eigenvalue weighted by molar-refractivity contribution is -0.112. The first-order valence-corrected chi connectivity index (χ1v) is 11.4. The molecule has 0 radical (unpaired) electrons. The number of anilines is 1. The highest BCUT2D eigenvalue weighted by Gasteiger charge is 2.12. The smallest absolute Gasteiger partial charge is 0.266 e. The van der Waals surface area contributed by atoms with E-state index in [9.17, 15) is 10.1 Å². The minimum atomic E-state index is -0.483. The van der Waals surface area contributed by atoms with E-state index in [0.29, 0.717) is 39.4 Å². The fraction of sp³-hybridized carbons (Fsp3) is 0.185. The van der Waals surface area contributed by atoms with E-state index in [4.69, 9.17) is 32.7 Å². The minimum absolute atomic E-state index is 0.0230. The number of benzene rings is 3. The Bertz CT molecular complexity index is 1280. The van der Waals surface area contributed by atoms with Gasteiger partial charge in [0, 0.05) is 5.69 Å². The molecule has 0 unspecified atom stereocenters. The molecule has 0 bridgehead atoms. The van der Waals surface area contributed by atoms with Crippen molar-refractivity contribution in [3.8, 4) is 17.6 Å². The first-order chi connectivity index (χ1) is 16.3. The van der Waals surface area contributed by atoms with Crippen molar-refractivity contribution in [2.45, 2.75) is 27.4 Å². The summed E-state index contributed by atoms with van der Waals surface area (Å²) >= 11 is 12.0. The second-order valence-corrected chi connectivity index (χ2v) is 8.41. The third kappa shape index (κ3) is 6.54. The van der Waals surface area contributed by atoms with Gasteiger partial charge in [-0.25, -0.2) is 0 Å². The van der Waals surface area contributed by atoms with E-state index in [1.54, 1.807) is 30.3 Å². The van der Waals surface area contributed by atoms with Crippen LogP contribution < -0.4 is 14.8 Å². The van der Waals surface area contributed by atoms with Crippen molar-refractivity contribution in [3.05, 3.63) is 92.5 Å². The fourth-order valence-corrected chi connectivity index (χ4v) is 3.45. The largest absolute Gasteiger partial charge is 0.490 e. The van der Waals surface area contributed by atoms with Gasteiger partial charge in [-0.1, -0.05) is 41.4 Å². The Balaban J connectivity index is 1.78. The van der Waals surface area contributed by atoms with Gasteiger partial charge < -0.3 is 14.8 Å². The standard InChI is InChI=1S/C27H24Cl2N2O3/c1-4-33-26-14-19(7-10-25(26)34-16-20-6-9-23(28)24(29)13-20)12-21(15-30)27(32)31-22-8-5-17(2)18(3)11-22/h5-14H,4,16H2,1-3H3,(H,31,32)/b21-12+. The number of carbonyl (C=O) groups excluding carboxylic acids is 1. The van der Waals surface area contributed by atoms with E-state index < -0.39 is 5.91 Å². The Labute approximate surface area is 209 Å². The molecular weight excluding hydrogens is 471 g/mol. The van der Waals surface area contributed by atoms with E-state index in [1.807, 2.05) is 51.1 Å². The first-order valence-electron chi connectivity index (χ1n) is 10.6. The number of hydrogen-bond acceptors (Lipinski definition) is 4. The van der Waals surface area contributed by atoms with Crippen molar-refractivity contribution in [2.24, 2.45) is 0 Å². The third-order valence-corrected chi connectivity index (χ3v) is 5.83. The number of rotatable bonds is 8. The zero-order valence-corrected chi connectivity index (χ0v) is 20.6. The van der Waals surface area contributed by atoms with Crippen LogP contribution in [0.2, 0.25) is 10.0 Å². The van der Waals surface area contributed by atoms with Gasteiger partial charge in [0.25, 0.3) is 5.91 Å². The predicted molar refractivity (Wildman–Crippen MR) is 137 cm³/mol. The molecule has 0 fully saturated rings. The molecule has 0 aliphatic carbocycles. The SMILES string of the molecule is CCOc1cc(/C=C(\C#N)C(=O)Nc2ccc(C)c(C)c2)ccc1OCc1ccc(Cl)c(Cl)c1. The number of amides is 1. The van der Waals surface area contributed by atoms with E-state index in [0.717, 1.165) is 16.7 Å². The molecule has 174 valence electrons. The molecule has 0 saturated carbocycles. The lowest BCUT2D eigenvalue weighted by Gasteiger charge is -2.13. The quantitative estimate of drug-likeness (QED) is 0.267. The average Bonchev–Trinajstić information content (AvgIpc) is 2.81. The Morgan fingerprint density at radius 1 is 0.971 bits per heavy atom. The van der Waals surface area contributed by atoms with Gasteiger partial charge in [0.2, 0.25) is 0 Å². The van der Waals surface area contributed by atoms with Crippen LogP contribution in [0, 0.1) is 25.2 Å². The number of hydrogen-bond donors (Lipinski definition) is 1. The number of halogens is 2. The summed E-state index contributed by atoms with van der Waals surface area (Å²) in [5.41, 5.74) is 4.28. The van der Waals surface area contributed by atoms with Crippen molar-refractivity contribution < 1.29 is 14.3 Å². The van der Waals surface area contributed by atoms with E-state index in [2.05, 4.69) is 5.32 Å². The molecule has 0 saturated heterocycles. The molecule has 0 spiro atoms. The summed E-state index contributed by atoms with van der Waals surface area (Å²) < 4.78 is 11.6. The lowest BCUT2D eigenvalue weighted by atomic mass is 10.1. The van der Waals surface area contributed by atoms with E-state index in [1.165, 1.54) is 6.08 Å². The zero-order valence-electron chi connectivity index (χ0n) is 19.1. The molecular formula is C27H24Cl2N2O3. The van der Waals surface area contributed by atoms with Crippen LogP contribution >= 0.6 is 23.2 Å². The molecule has 1 amide bonds. The van der Waals surface area contributed by atoms with Crippen molar-refractivity contribution in [3.63, 3.8) is 0 Å². The normalized spacial score (nSPS) is 11.0. The van der Waals surface area contributed by atoms with Crippen LogP contribution in [-0.2, 0) is 11.4 Å². The summed E-state index contributed by atoms with van der Waals surface area (Å²) in [5.74, 6) is 0.551. The van der Waals surface area contributed by atoms with Crippen molar-refractivity contribution >= 4 is 40.9 Å². The number of ether oxygens (including phenoxy) is 2. The summed E-state index contributed by atoms with van der Waals surface area (Å²) in [5, 5.41) is 13.3. The van der Waals surface area contributed by atoms with Crippen molar-refractivity contribution in [1.82, 2.24) is 0 Å². The van der Waals surface area contributed by atoms with Gasteiger partial charge in [-0.05, 0) is 85.5 Å².